The van der Waals surface area contributed by atoms with E-state index < -0.39 is 5.56 Å². The van der Waals surface area contributed by atoms with Crippen LogP contribution in [-0.2, 0) is 11.3 Å². The summed E-state index contributed by atoms with van der Waals surface area (Å²) in [4.78, 5) is 29.8. The number of carbonyl (C=O) groups excluding carboxylic acids is 1. The van der Waals surface area contributed by atoms with Gasteiger partial charge in [-0.1, -0.05) is 54.1 Å². The summed E-state index contributed by atoms with van der Waals surface area (Å²) in [5.41, 5.74) is 1.22. The summed E-state index contributed by atoms with van der Waals surface area (Å²) >= 11 is 6.10. The van der Waals surface area contributed by atoms with E-state index in [4.69, 9.17) is 16.3 Å². The summed E-state index contributed by atoms with van der Waals surface area (Å²) < 4.78 is 6.80. The molecule has 0 saturated heterocycles. The molecule has 1 amide bonds. The number of benzene rings is 2. The van der Waals surface area contributed by atoms with Crippen LogP contribution in [0.25, 0.3) is 11.4 Å². The molecule has 0 aliphatic rings. The van der Waals surface area contributed by atoms with E-state index in [1.165, 1.54) is 4.57 Å². The van der Waals surface area contributed by atoms with Crippen molar-refractivity contribution in [3.05, 3.63) is 75.7 Å². The monoisotopic (exact) mass is 397 g/mol. The lowest BCUT2D eigenvalue weighted by molar-refractivity contribution is -0.116. The standard InChI is InChI=1S/C21H20ClN3O3/c1-3-28-17-12-8-7-11-16(17)24-18(26)13-25-20(15-9-5-4-6-10-15)23-14(2)19(22)21(25)27/h4-12H,3,13H2,1-2H3,(H,24,26). The van der Waals surface area contributed by atoms with Crippen molar-refractivity contribution in [3.63, 3.8) is 0 Å². The van der Waals surface area contributed by atoms with Crippen molar-refractivity contribution < 1.29 is 9.53 Å². The van der Waals surface area contributed by atoms with Crippen molar-refractivity contribution in [1.29, 1.82) is 0 Å². The average Bonchev–Trinajstić information content (AvgIpc) is 2.70. The number of para-hydroxylation sites is 2. The van der Waals surface area contributed by atoms with Gasteiger partial charge in [0, 0.05) is 5.56 Å². The van der Waals surface area contributed by atoms with Crippen LogP contribution in [-0.4, -0.2) is 22.1 Å². The number of ether oxygens (including phenoxy) is 1. The number of nitrogens with zero attached hydrogens (tertiary/aromatic N) is 2. The second kappa shape index (κ2) is 8.71. The summed E-state index contributed by atoms with van der Waals surface area (Å²) in [6, 6.07) is 16.3. The lowest BCUT2D eigenvalue weighted by atomic mass is 10.2. The van der Waals surface area contributed by atoms with Crippen LogP contribution in [0.5, 0.6) is 5.75 Å². The Morgan fingerprint density at radius 2 is 1.82 bits per heavy atom. The van der Waals surface area contributed by atoms with Crippen LogP contribution in [0, 0.1) is 6.92 Å². The van der Waals surface area contributed by atoms with Crippen LogP contribution in [0.15, 0.2) is 59.4 Å². The van der Waals surface area contributed by atoms with Crippen molar-refractivity contribution in [1.82, 2.24) is 9.55 Å². The summed E-state index contributed by atoms with van der Waals surface area (Å²) in [5.74, 6) is 0.572. The molecule has 1 aromatic heterocycles. The average molecular weight is 398 g/mol. The fourth-order valence-corrected chi connectivity index (χ4v) is 2.92. The number of nitrogens with one attached hydrogen (secondary N) is 1. The Bertz CT molecular complexity index is 1050. The molecule has 2 aromatic carbocycles. The number of amides is 1. The summed E-state index contributed by atoms with van der Waals surface area (Å²) in [6.45, 7) is 3.78. The predicted molar refractivity (Wildman–Crippen MR) is 110 cm³/mol. The molecular weight excluding hydrogens is 378 g/mol. The van der Waals surface area contributed by atoms with Gasteiger partial charge in [0.25, 0.3) is 5.56 Å². The number of hydrogen-bond donors (Lipinski definition) is 1. The first-order valence-electron chi connectivity index (χ1n) is 8.85. The molecule has 6 nitrogen and oxygen atoms in total. The van der Waals surface area contributed by atoms with Crippen LogP contribution in [0.2, 0.25) is 5.02 Å². The van der Waals surface area contributed by atoms with E-state index in [1.807, 2.05) is 43.3 Å². The third kappa shape index (κ3) is 4.23. The molecule has 0 radical (unpaired) electrons. The third-order valence-electron chi connectivity index (χ3n) is 4.07. The smallest absolute Gasteiger partial charge is 0.273 e. The zero-order chi connectivity index (χ0) is 20.1. The van der Waals surface area contributed by atoms with Crippen LogP contribution in [0.1, 0.15) is 12.6 Å². The maximum atomic E-state index is 12.7. The van der Waals surface area contributed by atoms with Gasteiger partial charge in [0.2, 0.25) is 5.91 Å². The first kappa shape index (κ1) is 19.6. The van der Waals surface area contributed by atoms with Crippen LogP contribution in [0.4, 0.5) is 5.69 Å². The van der Waals surface area contributed by atoms with E-state index in [2.05, 4.69) is 10.3 Å². The normalized spacial score (nSPS) is 10.5. The molecule has 0 spiro atoms. The molecule has 0 aliphatic carbocycles. The molecule has 144 valence electrons. The molecule has 0 fully saturated rings. The van der Waals surface area contributed by atoms with E-state index in [9.17, 15) is 9.59 Å². The predicted octanol–water partition coefficient (Wildman–Crippen LogP) is 3.91. The molecule has 0 saturated carbocycles. The number of aryl methyl sites for hydroxylation is 1. The zero-order valence-corrected chi connectivity index (χ0v) is 16.4. The van der Waals surface area contributed by atoms with Crippen molar-refractivity contribution in [3.8, 4) is 17.1 Å². The van der Waals surface area contributed by atoms with E-state index in [0.717, 1.165) is 5.56 Å². The highest BCUT2D eigenvalue weighted by Crippen LogP contribution is 2.24. The summed E-state index contributed by atoms with van der Waals surface area (Å²) in [5, 5.41) is 2.79. The Balaban J connectivity index is 1.95. The van der Waals surface area contributed by atoms with Crippen LogP contribution in [0.3, 0.4) is 0 Å². The quantitative estimate of drug-likeness (QED) is 0.684. The fraction of sp³-hybridized carbons (Fsp3) is 0.190. The van der Waals surface area contributed by atoms with Gasteiger partial charge in [0.1, 0.15) is 23.1 Å². The largest absolute Gasteiger partial charge is 0.492 e. The maximum Gasteiger partial charge on any atom is 0.273 e. The Hall–Kier alpha value is -3.12. The number of carbonyl (C=O) groups is 1. The van der Waals surface area contributed by atoms with E-state index >= 15 is 0 Å². The first-order valence-corrected chi connectivity index (χ1v) is 9.23. The van der Waals surface area contributed by atoms with Gasteiger partial charge in [-0.2, -0.15) is 0 Å². The van der Waals surface area contributed by atoms with Gasteiger partial charge in [-0.05, 0) is 26.0 Å². The summed E-state index contributed by atoms with van der Waals surface area (Å²) in [6.07, 6.45) is 0. The number of anilines is 1. The second-order valence-electron chi connectivity index (χ2n) is 6.07. The number of rotatable bonds is 6. The van der Waals surface area contributed by atoms with Gasteiger partial charge >= 0.3 is 0 Å². The lowest BCUT2D eigenvalue weighted by Crippen LogP contribution is -2.30. The molecule has 0 aliphatic heterocycles. The molecule has 7 heteroatoms. The van der Waals surface area contributed by atoms with Crippen molar-refractivity contribution in [2.75, 3.05) is 11.9 Å². The SMILES string of the molecule is CCOc1ccccc1NC(=O)Cn1c(-c2ccccc2)nc(C)c(Cl)c1=O. The molecule has 3 aromatic rings. The number of aromatic nitrogens is 2. The lowest BCUT2D eigenvalue weighted by Gasteiger charge is -2.15. The topological polar surface area (TPSA) is 73.2 Å². The van der Waals surface area contributed by atoms with Gasteiger partial charge in [0.15, 0.2) is 0 Å². The Labute approximate surface area is 167 Å². The minimum Gasteiger partial charge on any atom is -0.492 e. The van der Waals surface area contributed by atoms with Gasteiger partial charge in [0.05, 0.1) is 18.0 Å². The highest BCUT2D eigenvalue weighted by atomic mass is 35.5. The van der Waals surface area contributed by atoms with Crippen molar-refractivity contribution in [2.24, 2.45) is 0 Å². The highest BCUT2D eigenvalue weighted by molar-refractivity contribution is 6.31. The Morgan fingerprint density at radius 1 is 1.14 bits per heavy atom. The Morgan fingerprint density at radius 3 is 2.54 bits per heavy atom. The summed E-state index contributed by atoms with van der Waals surface area (Å²) in [7, 11) is 0. The van der Waals surface area contributed by atoms with Gasteiger partial charge < -0.3 is 10.1 Å². The Kier molecular flexibility index (Phi) is 6.11. The van der Waals surface area contributed by atoms with Gasteiger partial charge in [-0.25, -0.2) is 4.98 Å². The van der Waals surface area contributed by atoms with Crippen molar-refractivity contribution in [2.45, 2.75) is 20.4 Å². The van der Waals surface area contributed by atoms with Crippen molar-refractivity contribution >= 4 is 23.2 Å². The molecule has 28 heavy (non-hydrogen) atoms. The van der Waals surface area contributed by atoms with Crippen LogP contribution >= 0.6 is 11.6 Å². The van der Waals surface area contributed by atoms with Gasteiger partial charge in [-0.15, -0.1) is 0 Å². The zero-order valence-electron chi connectivity index (χ0n) is 15.6. The maximum absolute atomic E-state index is 12.7. The number of hydrogen-bond acceptors (Lipinski definition) is 4. The first-order chi connectivity index (χ1) is 13.5. The molecule has 3 rings (SSSR count). The minimum absolute atomic E-state index is 0.00203. The van der Waals surface area contributed by atoms with E-state index in [1.54, 1.807) is 25.1 Å². The molecular formula is C21H20ClN3O3. The molecule has 0 bridgehead atoms. The number of halogens is 1. The third-order valence-corrected chi connectivity index (χ3v) is 4.51. The molecule has 0 unspecified atom stereocenters. The molecule has 0 atom stereocenters. The highest BCUT2D eigenvalue weighted by Gasteiger charge is 2.17. The van der Waals surface area contributed by atoms with Gasteiger partial charge in [-0.3, -0.25) is 14.2 Å². The van der Waals surface area contributed by atoms with Crippen LogP contribution < -0.4 is 15.6 Å². The second-order valence-corrected chi connectivity index (χ2v) is 6.45. The fourth-order valence-electron chi connectivity index (χ4n) is 2.78. The molecule has 1 heterocycles. The minimum atomic E-state index is -0.457. The van der Waals surface area contributed by atoms with E-state index in [0.29, 0.717) is 29.6 Å². The van der Waals surface area contributed by atoms with E-state index in [-0.39, 0.29) is 17.5 Å². The molecule has 1 N–H and O–H groups in total.